The van der Waals surface area contributed by atoms with Crippen LogP contribution >= 0.6 is 0 Å². The molecular formula is C17H34N2. The third-order valence-corrected chi connectivity index (χ3v) is 5.67. The van der Waals surface area contributed by atoms with Gasteiger partial charge in [-0.05, 0) is 68.5 Å². The zero-order valence-electron chi connectivity index (χ0n) is 13.3. The first-order valence-corrected chi connectivity index (χ1v) is 8.43. The van der Waals surface area contributed by atoms with Crippen molar-refractivity contribution in [3.63, 3.8) is 0 Å². The van der Waals surface area contributed by atoms with Gasteiger partial charge in [-0.2, -0.15) is 0 Å². The van der Waals surface area contributed by atoms with Crippen molar-refractivity contribution < 1.29 is 0 Å². The predicted octanol–water partition coefficient (Wildman–Crippen LogP) is 3.51. The van der Waals surface area contributed by atoms with E-state index in [1.54, 1.807) is 0 Å². The second-order valence-corrected chi connectivity index (χ2v) is 7.98. The van der Waals surface area contributed by atoms with Crippen LogP contribution in [-0.2, 0) is 0 Å². The zero-order chi connectivity index (χ0) is 13.9. The van der Waals surface area contributed by atoms with Gasteiger partial charge in [-0.1, -0.05) is 33.6 Å². The third-order valence-electron chi connectivity index (χ3n) is 5.67. The van der Waals surface area contributed by atoms with Gasteiger partial charge >= 0.3 is 0 Å². The molecule has 2 atom stereocenters. The first-order valence-electron chi connectivity index (χ1n) is 8.43. The topological polar surface area (TPSA) is 29.3 Å². The van der Waals surface area contributed by atoms with E-state index in [4.69, 9.17) is 5.73 Å². The minimum absolute atomic E-state index is 0.497. The minimum atomic E-state index is 0.497. The average Bonchev–Trinajstić information content (AvgIpc) is 2.39. The Morgan fingerprint density at radius 1 is 0.947 bits per heavy atom. The van der Waals surface area contributed by atoms with Gasteiger partial charge in [0.2, 0.25) is 0 Å². The molecule has 1 heterocycles. The van der Waals surface area contributed by atoms with E-state index in [0.717, 1.165) is 24.3 Å². The highest BCUT2D eigenvalue weighted by atomic mass is 15.1. The standard InChI is InChI=1S/C17H34N2/c1-17(2,3)16-8-10-19(11-9-16)13-15-7-5-4-6-14(15)12-18/h14-16H,4-13,18H2,1-3H3. The Morgan fingerprint density at radius 2 is 1.53 bits per heavy atom. The van der Waals surface area contributed by atoms with Crippen molar-refractivity contribution in [2.24, 2.45) is 28.9 Å². The summed E-state index contributed by atoms with van der Waals surface area (Å²) in [4.78, 5) is 2.72. The van der Waals surface area contributed by atoms with Gasteiger partial charge in [0.05, 0.1) is 0 Å². The van der Waals surface area contributed by atoms with E-state index in [-0.39, 0.29) is 0 Å². The number of piperidine rings is 1. The molecular weight excluding hydrogens is 232 g/mol. The van der Waals surface area contributed by atoms with Crippen LogP contribution in [0.3, 0.4) is 0 Å². The quantitative estimate of drug-likeness (QED) is 0.847. The van der Waals surface area contributed by atoms with Crippen LogP contribution in [0.1, 0.15) is 59.3 Å². The second-order valence-electron chi connectivity index (χ2n) is 7.98. The number of nitrogens with zero attached hydrogens (tertiary/aromatic N) is 1. The smallest absolute Gasteiger partial charge is 0.00128 e. The molecule has 2 aliphatic rings. The fourth-order valence-electron chi connectivity index (χ4n) is 4.15. The van der Waals surface area contributed by atoms with Crippen LogP contribution in [0.2, 0.25) is 0 Å². The monoisotopic (exact) mass is 266 g/mol. The van der Waals surface area contributed by atoms with Crippen LogP contribution in [0.15, 0.2) is 0 Å². The van der Waals surface area contributed by atoms with E-state index in [1.165, 1.54) is 58.2 Å². The molecule has 2 N–H and O–H groups in total. The maximum atomic E-state index is 5.96. The molecule has 0 radical (unpaired) electrons. The lowest BCUT2D eigenvalue weighted by molar-refractivity contribution is 0.0823. The molecule has 0 aromatic heterocycles. The maximum absolute atomic E-state index is 5.96. The molecule has 0 aromatic carbocycles. The Kier molecular flexibility index (Phi) is 5.30. The van der Waals surface area contributed by atoms with Crippen LogP contribution in [0.25, 0.3) is 0 Å². The fraction of sp³-hybridized carbons (Fsp3) is 1.00. The molecule has 1 aliphatic heterocycles. The number of hydrogen-bond donors (Lipinski definition) is 1. The SMILES string of the molecule is CC(C)(C)C1CCN(CC2CCCCC2CN)CC1. The Morgan fingerprint density at radius 3 is 2.05 bits per heavy atom. The summed E-state index contributed by atoms with van der Waals surface area (Å²) in [5, 5.41) is 0. The molecule has 19 heavy (non-hydrogen) atoms. The van der Waals surface area contributed by atoms with E-state index >= 15 is 0 Å². The molecule has 0 amide bonds. The van der Waals surface area contributed by atoms with Crippen molar-refractivity contribution in [3.05, 3.63) is 0 Å². The molecule has 0 spiro atoms. The molecule has 2 unspecified atom stereocenters. The Bertz CT molecular complexity index is 261. The highest BCUT2D eigenvalue weighted by Gasteiger charge is 2.31. The van der Waals surface area contributed by atoms with Gasteiger partial charge in [-0.15, -0.1) is 0 Å². The lowest BCUT2D eigenvalue weighted by Gasteiger charge is -2.41. The van der Waals surface area contributed by atoms with E-state index in [9.17, 15) is 0 Å². The van der Waals surface area contributed by atoms with Crippen molar-refractivity contribution in [1.29, 1.82) is 0 Å². The van der Waals surface area contributed by atoms with Crippen molar-refractivity contribution in [2.45, 2.75) is 59.3 Å². The summed E-state index contributed by atoms with van der Waals surface area (Å²) in [6.07, 6.45) is 8.41. The highest BCUT2D eigenvalue weighted by molar-refractivity contribution is 4.84. The van der Waals surface area contributed by atoms with Crippen molar-refractivity contribution in [2.75, 3.05) is 26.2 Å². The molecule has 1 saturated carbocycles. The summed E-state index contributed by atoms with van der Waals surface area (Å²) in [5.41, 5.74) is 6.46. The highest BCUT2D eigenvalue weighted by Crippen LogP contribution is 2.36. The van der Waals surface area contributed by atoms with E-state index in [2.05, 4.69) is 25.7 Å². The third kappa shape index (κ3) is 4.19. The lowest BCUT2D eigenvalue weighted by Crippen LogP contribution is -2.43. The predicted molar refractivity (Wildman–Crippen MR) is 83.1 cm³/mol. The molecule has 2 nitrogen and oxygen atoms in total. The number of rotatable bonds is 3. The summed E-state index contributed by atoms with van der Waals surface area (Å²) in [5.74, 6) is 2.60. The Balaban J connectivity index is 1.78. The lowest BCUT2D eigenvalue weighted by atomic mass is 9.74. The first-order chi connectivity index (χ1) is 9.00. The second kappa shape index (κ2) is 6.58. The van der Waals surface area contributed by atoms with E-state index < -0.39 is 0 Å². The van der Waals surface area contributed by atoms with Crippen molar-refractivity contribution >= 4 is 0 Å². The van der Waals surface area contributed by atoms with Gasteiger partial charge in [0.15, 0.2) is 0 Å². The maximum Gasteiger partial charge on any atom is 0.00128 e. The summed E-state index contributed by atoms with van der Waals surface area (Å²) in [6, 6.07) is 0. The van der Waals surface area contributed by atoms with Gasteiger partial charge in [0, 0.05) is 6.54 Å². The number of hydrogen-bond acceptors (Lipinski definition) is 2. The average molecular weight is 266 g/mol. The molecule has 0 bridgehead atoms. The first kappa shape index (κ1) is 15.3. The molecule has 1 aliphatic carbocycles. The number of nitrogens with two attached hydrogens (primary N) is 1. The van der Waals surface area contributed by atoms with Crippen LogP contribution in [0.4, 0.5) is 0 Å². The molecule has 1 saturated heterocycles. The van der Waals surface area contributed by atoms with Crippen molar-refractivity contribution in [3.8, 4) is 0 Å². The van der Waals surface area contributed by atoms with Crippen LogP contribution < -0.4 is 5.73 Å². The zero-order valence-corrected chi connectivity index (χ0v) is 13.3. The van der Waals surface area contributed by atoms with E-state index in [1.807, 2.05) is 0 Å². The van der Waals surface area contributed by atoms with Gasteiger partial charge in [0.25, 0.3) is 0 Å². The van der Waals surface area contributed by atoms with Gasteiger partial charge in [-0.3, -0.25) is 0 Å². The number of likely N-dealkylation sites (tertiary alicyclic amines) is 1. The molecule has 112 valence electrons. The largest absolute Gasteiger partial charge is 0.330 e. The molecule has 2 fully saturated rings. The minimum Gasteiger partial charge on any atom is -0.330 e. The molecule has 2 heteroatoms. The van der Waals surface area contributed by atoms with Gasteiger partial charge in [-0.25, -0.2) is 0 Å². The summed E-state index contributed by atoms with van der Waals surface area (Å²) < 4.78 is 0. The van der Waals surface area contributed by atoms with Crippen LogP contribution in [-0.4, -0.2) is 31.1 Å². The summed E-state index contributed by atoms with van der Waals surface area (Å²) >= 11 is 0. The Labute approximate surface area is 120 Å². The fourth-order valence-corrected chi connectivity index (χ4v) is 4.15. The molecule has 2 rings (SSSR count). The Hall–Kier alpha value is -0.0800. The van der Waals surface area contributed by atoms with Crippen LogP contribution in [0, 0.1) is 23.2 Å². The van der Waals surface area contributed by atoms with Gasteiger partial charge < -0.3 is 10.6 Å². The van der Waals surface area contributed by atoms with Crippen LogP contribution in [0.5, 0.6) is 0 Å². The summed E-state index contributed by atoms with van der Waals surface area (Å²) in [7, 11) is 0. The summed E-state index contributed by atoms with van der Waals surface area (Å²) in [6.45, 7) is 12.1. The normalized spacial score (nSPS) is 31.6. The van der Waals surface area contributed by atoms with Crippen molar-refractivity contribution in [1.82, 2.24) is 4.90 Å². The van der Waals surface area contributed by atoms with E-state index in [0.29, 0.717) is 5.41 Å². The van der Waals surface area contributed by atoms with Gasteiger partial charge in [0.1, 0.15) is 0 Å². The molecule has 0 aromatic rings.